The number of rotatable bonds is 4. The number of carbonyl (C=O) groups is 1. The van der Waals surface area contributed by atoms with Gasteiger partial charge in [-0.15, -0.1) is 0 Å². The van der Waals surface area contributed by atoms with Gasteiger partial charge in [0.05, 0.1) is 5.54 Å². The summed E-state index contributed by atoms with van der Waals surface area (Å²) < 4.78 is 5.34. The molecule has 1 aliphatic rings. The van der Waals surface area contributed by atoms with Gasteiger partial charge in [0.15, 0.2) is 0 Å². The van der Waals surface area contributed by atoms with Crippen LogP contribution in [0.15, 0.2) is 0 Å². The Morgan fingerprint density at radius 1 is 1.47 bits per heavy atom. The van der Waals surface area contributed by atoms with Crippen molar-refractivity contribution in [2.24, 2.45) is 11.7 Å². The summed E-state index contributed by atoms with van der Waals surface area (Å²) in [5.74, 6) is 0.455. The van der Waals surface area contributed by atoms with Crippen molar-refractivity contribution >= 4 is 6.03 Å². The third-order valence-electron chi connectivity index (χ3n) is 3.48. The number of carbonyl (C=O) groups excluding carboxylic acids is 1. The van der Waals surface area contributed by atoms with E-state index in [1.807, 2.05) is 7.05 Å². The fourth-order valence-corrected chi connectivity index (χ4v) is 2.05. The molecule has 1 aliphatic heterocycles. The van der Waals surface area contributed by atoms with Crippen LogP contribution in [0.5, 0.6) is 0 Å². The highest BCUT2D eigenvalue weighted by atomic mass is 16.5. The lowest BCUT2D eigenvalue weighted by atomic mass is 9.88. The summed E-state index contributed by atoms with van der Waals surface area (Å²) in [4.78, 5) is 13.8. The Bertz CT molecular complexity index is 250. The van der Waals surface area contributed by atoms with Gasteiger partial charge in [-0.2, -0.15) is 0 Å². The van der Waals surface area contributed by atoms with Crippen molar-refractivity contribution < 1.29 is 9.53 Å². The van der Waals surface area contributed by atoms with Crippen molar-refractivity contribution in [3.05, 3.63) is 0 Å². The van der Waals surface area contributed by atoms with Crippen LogP contribution in [0.2, 0.25) is 0 Å². The topological polar surface area (TPSA) is 67.6 Å². The van der Waals surface area contributed by atoms with Crippen molar-refractivity contribution in [2.45, 2.75) is 32.2 Å². The van der Waals surface area contributed by atoms with E-state index >= 15 is 0 Å². The van der Waals surface area contributed by atoms with Crippen molar-refractivity contribution in [3.8, 4) is 0 Å². The molecular formula is C12H25N3O2. The number of amides is 2. The van der Waals surface area contributed by atoms with Crippen molar-refractivity contribution in [1.82, 2.24) is 10.2 Å². The molecule has 1 rings (SSSR count). The normalized spacial score (nSPS) is 19.1. The summed E-state index contributed by atoms with van der Waals surface area (Å²) in [6.07, 6.45) is 1.63. The first kappa shape index (κ1) is 14.3. The minimum atomic E-state index is -0.237. The Morgan fingerprint density at radius 2 is 2.06 bits per heavy atom. The first-order valence-corrected chi connectivity index (χ1v) is 6.31. The number of hydrogen-bond donors (Lipinski definition) is 2. The fraction of sp³-hybridized carbons (Fsp3) is 0.917. The van der Waals surface area contributed by atoms with Gasteiger partial charge in [0.1, 0.15) is 0 Å². The highest BCUT2D eigenvalue weighted by Gasteiger charge is 2.37. The van der Waals surface area contributed by atoms with E-state index in [0.29, 0.717) is 32.2 Å². The van der Waals surface area contributed by atoms with E-state index in [9.17, 15) is 4.79 Å². The highest BCUT2D eigenvalue weighted by Crippen LogP contribution is 2.25. The molecule has 0 bridgehead atoms. The van der Waals surface area contributed by atoms with Gasteiger partial charge in [-0.05, 0) is 18.8 Å². The molecular weight excluding hydrogens is 218 g/mol. The monoisotopic (exact) mass is 243 g/mol. The van der Waals surface area contributed by atoms with Crippen molar-refractivity contribution in [2.75, 3.05) is 33.4 Å². The lowest BCUT2D eigenvalue weighted by molar-refractivity contribution is 0.00266. The summed E-state index contributed by atoms with van der Waals surface area (Å²) in [6, 6.07) is -0.0361. The largest absolute Gasteiger partial charge is 0.381 e. The number of hydrogen-bond acceptors (Lipinski definition) is 3. The molecule has 0 saturated carbocycles. The summed E-state index contributed by atoms with van der Waals surface area (Å²) in [5.41, 5.74) is 5.62. The van der Waals surface area contributed by atoms with E-state index in [0.717, 1.165) is 12.8 Å². The Hall–Kier alpha value is -0.810. The van der Waals surface area contributed by atoms with Gasteiger partial charge in [0.25, 0.3) is 0 Å². The van der Waals surface area contributed by atoms with Crippen LogP contribution >= 0.6 is 0 Å². The molecule has 0 aromatic heterocycles. The van der Waals surface area contributed by atoms with Crippen LogP contribution in [-0.4, -0.2) is 49.8 Å². The molecule has 1 saturated heterocycles. The number of ether oxygens (including phenoxy) is 1. The maximum absolute atomic E-state index is 12.0. The molecule has 100 valence electrons. The zero-order valence-corrected chi connectivity index (χ0v) is 11.2. The molecule has 0 radical (unpaired) electrons. The predicted octanol–water partition coefficient (Wildman–Crippen LogP) is 0.792. The van der Waals surface area contributed by atoms with E-state index < -0.39 is 0 Å². The summed E-state index contributed by atoms with van der Waals surface area (Å²) >= 11 is 0. The highest BCUT2D eigenvalue weighted by molar-refractivity contribution is 5.74. The van der Waals surface area contributed by atoms with E-state index in [1.54, 1.807) is 4.90 Å². The Morgan fingerprint density at radius 3 is 2.53 bits per heavy atom. The minimum absolute atomic E-state index is 0.0361. The number of nitrogens with two attached hydrogens (primary N) is 1. The third kappa shape index (κ3) is 3.57. The van der Waals surface area contributed by atoms with Crippen LogP contribution in [0, 0.1) is 5.92 Å². The van der Waals surface area contributed by atoms with Crippen LogP contribution in [0.4, 0.5) is 4.79 Å². The molecule has 1 fully saturated rings. The zero-order chi connectivity index (χ0) is 12.9. The van der Waals surface area contributed by atoms with Crippen molar-refractivity contribution in [1.29, 1.82) is 0 Å². The first-order valence-electron chi connectivity index (χ1n) is 6.31. The van der Waals surface area contributed by atoms with E-state index in [-0.39, 0.29) is 11.6 Å². The SMILES string of the molecule is CC(C)CNC(=O)N(C)C1(CN)CCOCC1. The van der Waals surface area contributed by atoms with Gasteiger partial charge in [-0.3, -0.25) is 0 Å². The molecule has 0 unspecified atom stereocenters. The van der Waals surface area contributed by atoms with Crippen LogP contribution in [-0.2, 0) is 4.74 Å². The Labute approximate surface area is 104 Å². The molecule has 1 heterocycles. The minimum Gasteiger partial charge on any atom is -0.381 e. The number of likely N-dealkylation sites (N-methyl/N-ethyl adjacent to an activating group) is 1. The zero-order valence-electron chi connectivity index (χ0n) is 11.2. The molecule has 0 aromatic rings. The van der Waals surface area contributed by atoms with Crippen molar-refractivity contribution in [3.63, 3.8) is 0 Å². The molecule has 0 atom stereocenters. The van der Waals surface area contributed by atoms with Gasteiger partial charge in [0, 0.05) is 33.4 Å². The lowest BCUT2D eigenvalue weighted by Crippen LogP contribution is -2.59. The van der Waals surface area contributed by atoms with Crippen LogP contribution in [0.25, 0.3) is 0 Å². The molecule has 2 amide bonds. The predicted molar refractivity (Wildman–Crippen MR) is 67.8 cm³/mol. The van der Waals surface area contributed by atoms with Gasteiger partial charge in [-0.25, -0.2) is 4.79 Å². The number of nitrogens with zero attached hydrogens (tertiary/aromatic N) is 1. The smallest absolute Gasteiger partial charge is 0.317 e. The second-order valence-electron chi connectivity index (χ2n) is 5.18. The average molecular weight is 243 g/mol. The lowest BCUT2D eigenvalue weighted by Gasteiger charge is -2.43. The molecule has 5 heteroatoms. The molecule has 17 heavy (non-hydrogen) atoms. The van der Waals surface area contributed by atoms with Crippen LogP contribution < -0.4 is 11.1 Å². The third-order valence-corrected chi connectivity index (χ3v) is 3.48. The Balaban J connectivity index is 2.58. The molecule has 0 spiro atoms. The van der Waals surface area contributed by atoms with Gasteiger partial charge in [0.2, 0.25) is 0 Å². The maximum atomic E-state index is 12.0. The van der Waals surface area contributed by atoms with Crippen LogP contribution in [0.1, 0.15) is 26.7 Å². The van der Waals surface area contributed by atoms with E-state index in [1.165, 1.54) is 0 Å². The summed E-state index contributed by atoms with van der Waals surface area (Å²) in [7, 11) is 1.83. The summed E-state index contributed by atoms with van der Waals surface area (Å²) in [5, 5.41) is 2.93. The molecule has 0 aliphatic carbocycles. The standard InChI is InChI=1S/C12H25N3O2/c1-10(2)8-14-11(16)15(3)12(9-13)4-6-17-7-5-12/h10H,4-9,13H2,1-3H3,(H,14,16). The van der Waals surface area contributed by atoms with Gasteiger partial charge >= 0.3 is 6.03 Å². The van der Waals surface area contributed by atoms with Crippen LogP contribution in [0.3, 0.4) is 0 Å². The molecule has 5 nitrogen and oxygen atoms in total. The second kappa shape index (κ2) is 6.21. The quantitative estimate of drug-likeness (QED) is 0.767. The maximum Gasteiger partial charge on any atom is 0.317 e. The van der Waals surface area contributed by atoms with E-state index in [4.69, 9.17) is 10.5 Å². The van der Waals surface area contributed by atoms with Gasteiger partial charge in [-0.1, -0.05) is 13.8 Å². The number of urea groups is 1. The number of nitrogens with one attached hydrogen (secondary N) is 1. The summed E-state index contributed by atoms with van der Waals surface area (Å²) in [6.45, 7) is 6.70. The fourth-order valence-electron chi connectivity index (χ4n) is 2.05. The molecule has 3 N–H and O–H groups in total. The Kier molecular flexibility index (Phi) is 5.21. The first-order chi connectivity index (χ1) is 8.02. The molecule has 0 aromatic carbocycles. The average Bonchev–Trinajstić information content (AvgIpc) is 2.35. The second-order valence-corrected chi connectivity index (χ2v) is 5.18. The van der Waals surface area contributed by atoms with Gasteiger partial charge < -0.3 is 20.7 Å². The van der Waals surface area contributed by atoms with E-state index in [2.05, 4.69) is 19.2 Å².